The van der Waals surface area contributed by atoms with E-state index in [1.54, 1.807) is 0 Å². The summed E-state index contributed by atoms with van der Waals surface area (Å²) in [6.07, 6.45) is 1.35. The molecule has 5 rings (SSSR count). The van der Waals surface area contributed by atoms with E-state index in [2.05, 4.69) is 13.1 Å². The fourth-order valence-electron chi connectivity index (χ4n) is 4.96. The van der Waals surface area contributed by atoms with Crippen LogP contribution in [0.1, 0.15) is 23.5 Å². The van der Waals surface area contributed by atoms with Gasteiger partial charge in [0.15, 0.2) is 11.5 Å². The normalized spacial score (nSPS) is 41.0. The van der Waals surface area contributed by atoms with Gasteiger partial charge < -0.3 is 24.2 Å². The Kier molecular flexibility index (Phi) is 2.38. The average Bonchev–Trinajstić information content (AvgIpc) is 3.06. The van der Waals surface area contributed by atoms with Crippen LogP contribution in [-0.2, 0) is 6.54 Å². The number of rotatable bonds is 0. The van der Waals surface area contributed by atoms with Gasteiger partial charge in [0, 0.05) is 12.0 Å². The van der Waals surface area contributed by atoms with Crippen LogP contribution in [0.5, 0.6) is 11.5 Å². The van der Waals surface area contributed by atoms with Crippen LogP contribution in [0, 0.1) is 0 Å². The number of benzene rings is 1. The predicted octanol–water partition coefficient (Wildman–Crippen LogP) is 0.893. The molecule has 1 aromatic rings. The number of hydrogen-bond acceptors (Lipinski definition) is 4. The number of fused-ring (bicyclic) bond motifs is 3. The van der Waals surface area contributed by atoms with Crippen molar-refractivity contribution in [3.63, 3.8) is 0 Å². The summed E-state index contributed by atoms with van der Waals surface area (Å²) in [4.78, 5) is 0. The third-order valence-corrected chi connectivity index (χ3v) is 5.93. The van der Waals surface area contributed by atoms with Gasteiger partial charge in [-0.1, -0.05) is 0 Å². The zero-order valence-electron chi connectivity index (χ0n) is 12.5. The highest BCUT2D eigenvalue weighted by Gasteiger charge is 2.56. The van der Waals surface area contributed by atoms with Crippen LogP contribution in [0.3, 0.4) is 0 Å². The molecule has 3 aliphatic heterocycles. The molecule has 5 heteroatoms. The summed E-state index contributed by atoms with van der Waals surface area (Å²) in [6.45, 7) is 2.25. The van der Waals surface area contributed by atoms with Crippen molar-refractivity contribution < 1.29 is 24.2 Å². The topological polar surface area (TPSA) is 58.9 Å². The number of quaternary nitrogens is 1. The molecular weight excluding hydrogens is 282 g/mol. The molecule has 0 spiro atoms. The van der Waals surface area contributed by atoms with E-state index in [1.165, 1.54) is 11.1 Å². The lowest BCUT2D eigenvalue weighted by Gasteiger charge is -2.48. The average molecular weight is 302 g/mol. The molecular formula is C17H20NO4+. The molecule has 0 aromatic heterocycles. The molecule has 116 valence electrons. The largest absolute Gasteiger partial charge is 0.454 e. The lowest BCUT2D eigenvalue weighted by molar-refractivity contribution is -0.935. The zero-order chi connectivity index (χ0) is 15.1. The van der Waals surface area contributed by atoms with Gasteiger partial charge in [0.05, 0.1) is 31.7 Å². The maximum absolute atomic E-state index is 10.7. The van der Waals surface area contributed by atoms with Crippen LogP contribution >= 0.6 is 0 Å². The van der Waals surface area contributed by atoms with E-state index < -0.39 is 12.2 Å². The Balaban J connectivity index is 1.73. The second kappa shape index (κ2) is 4.04. The SMILES string of the molecule is C[N@@+]12CCC3=C[C@H](O)[C@@H](O)[C@@H](c4cc5c(cc4C1)OCO5)C32. The number of nitrogens with zero attached hydrogens (tertiary/aromatic N) is 1. The van der Waals surface area contributed by atoms with Crippen molar-refractivity contribution in [2.45, 2.75) is 37.1 Å². The highest BCUT2D eigenvalue weighted by atomic mass is 16.7. The molecule has 0 saturated carbocycles. The zero-order valence-corrected chi connectivity index (χ0v) is 12.5. The van der Waals surface area contributed by atoms with E-state index in [-0.39, 0.29) is 18.8 Å². The first-order valence-electron chi connectivity index (χ1n) is 7.90. The third kappa shape index (κ3) is 1.49. The van der Waals surface area contributed by atoms with Crippen LogP contribution < -0.4 is 9.47 Å². The monoisotopic (exact) mass is 302 g/mol. The molecule has 1 saturated heterocycles. The summed E-state index contributed by atoms with van der Waals surface area (Å²) in [5, 5.41) is 20.9. The highest BCUT2D eigenvalue weighted by Crippen LogP contribution is 2.52. The molecule has 22 heavy (non-hydrogen) atoms. The van der Waals surface area contributed by atoms with Gasteiger partial charge in [-0.2, -0.15) is 0 Å². The van der Waals surface area contributed by atoms with Crippen LogP contribution in [0.25, 0.3) is 0 Å². The Labute approximate surface area is 129 Å². The Bertz CT molecular complexity index is 700. The minimum absolute atomic E-state index is 0.0688. The standard InChI is InChI=1S/C17H20NO4/c1-18-3-2-9-4-12(19)17(20)15(16(9)18)11-6-14-13(21-8-22-14)5-10(11)7-18/h4-6,12,15-17,19-20H,2-3,7-8H2,1H3/q+1/t12-,15-,16?,17+,18+/m0/s1. The molecule has 0 radical (unpaired) electrons. The molecule has 4 aliphatic rings. The third-order valence-electron chi connectivity index (χ3n) is 5.93. The Morgan fingerprint density at radius 1 is 1.18 bits per heavy atom. The quantitative estimate of drug-likeness (QED) is 0.552. The second-order valence-electron chi connectivity index (χ2n) is 7.21. The molecule has 1 fully saturated rings. The van der Waals surface area contributed by atoms with Gasteiger partial charge in [-0.3, -0.25) is 0 Å². The first-order valence-corrected chi connectivity index (χ1v) is 7.90. The lowest BCUT2D eigenvalue weighted by atomic mass is 9.72. The van der Waals surface area contributed by atoms with Crippen molar-refractivity contribution in [2.75, 3.05) is 20.4 Å². The molecule has 0 bridgehead atoms. The maximum atomic E-state index is 10.7. The van der Waals surface area contributed by atoms with Crippen molar-refractivity contribution in [3.05, 3.63) is 34.9 Å². The molecule has 1 aromatic carbocycles. The van der Waals surface area contributed by atoms with Crippen molar-refractivity contribution in [2.24, 2.45) is 0 Å². The van der Waals surface area contributed by atoms with Gasteiger partial charge >= 0.3 is 0 Å². The van der Waals surface area contributed by atoms with Gasteiger partial charge in [0.2, 0.25) is 6.79 Å². The van der Waals surface area contributed by atoms with E-state index >= 15 is 0 Å². The molecule has 0 amide bonds. The van der Waals surface area contributed by atoms with Crippen LogP contribution in [-0.4, -0.2) is 53.3 Å². The number of ether oxygens (including phenoxy) is 2. The number of likely N-dealkylation sites (N-methyl/N-ethyl adjacent to an activating group) is 1. The minimum Gasteiger partial charge on any atom is -0.454 e. The van der Waals surface area contributed by atoms with E-state index in [4.69, 9.17) is 9.47 Å². The van der Waals surface area contributed by atoms with E-state index in [9.17, 15) is 10.2 Å². The molecule has 3 heterocycles. The maximum Gasteiger partial charge on any atom is 0.231 e. The minimum atomic E-state index is -0.779. The van der Waals surface area contributed by atoms with Crippen LogP contribution in [0.4, 0.5) is 0 Å². The van der Waals surface area contributed by atoms with Crippen molar-refractivity contribution >= 4 is 0 Å². The summed E-state index contributed by atoms with van der Waals surface area (Å²) >= 11 is 0. The summed E-state index contributed by atoms with van der Waals surface area (Å²) < 4.78 is 11.9. The van der Waals surface area contributed by atoms with E-state index in [0.717, 1.165) is 41.1 Å². The van der Waals surface area contributed by atoms with E-state index in [1.807, 2.05) is 12.1 Å². The second-order valence-corrected chi connectivity index (χ2v) is 7.21. The van der Waals surface area contributed by atoms with Crippen LogP contribution in [0.15, 0.2) is 23.8 Å². The summed E-state index contributed by atoms with van der Waals surface area (Å²) in [7, 11) is 2.26. The fraction of sp³-hybridized carbons (Fsp3) is 0.529. The van der Waals surface area contributed by atoms with E-state index in [0.29, 0.717) is 0 Å². The molecule has 5 atom stereocenters. The van der Waals surface area contributed by atoms with Gasteiger partial charge in [-0.15, -0.1) is 0 Å². The summed E-state index contributed by atoms with van der Waals surface area (Å²) in [5.41, 5.74) is 3.62. The van der Waals surface area contributed by atoms with Crippen LogP contribution in [0.2, 0.25) is 0 Å². The first-order chi connectivity index (χ1) is 10.6. The van der Waals surface area contributed by atoms with Crippen molar-refractivity contribution in [3.8, 4) is 11.5 Å². The molecule has 2 N–H and O–H groups in total. The van der Waals surface area contributed by atoms with Gasteiger partial charge in [-0.25, -0.2) is 0 Å². The number of aliphatic hydroxyl groups is 2. The van der Waals surface area contributed by atoms with Gasteiger partial charge in [0.1, 0.15) is 12.6 Å². The molecule has 1 unspecified atom stereocenters. The number of hydrogen-bond donors (Lipinski definition) is 2. The van der Waals surface area contributed by atoms with Crippen molar-refractivity contribution in [1.82, 2.24) is 0 Å². The smallest absolute Gasteiger partial charge is 0.231 e. The predicted molar refractivity (Wildman–Crippen MR) is 78.6 cm³/mol. The fourth-order valence-corrected chi connectivity index (χ4v) is 4.96. The highest BCUT2D eigenvalue weighted by molar-refractivity contribution is 5.52. The Morgan fingerprint density at radius 3 is 2.77 bits per heavy atom. The van der Waals surface area contributed by atoms with Gasteiger partial charge in [0.25, 0.3) is 0 Å². The van der Waals surface area contributed by atoms with Crippen molar-refractivity contribution in [1.29, 1.82) is 0 Å². The lowest BCUT2D eigenvalue weighted by Crippen LogP contribution is -2.58. The molecule has 1 aliphatic carbocycles. The Morgan fingerprint density at radius 2 is 1.95 bits per heavy atom. The summed E-state index contributed by atoms with van der Waals surface area (Å²) in [6, 6.07) is 4.35. The summed E-state index contributed by atoms with van der Waals surface area (Å²) in [5.74, 6) is 1.48. The van der Waals surface area contributed by atoms with Gasteiger partial charge in [-0.05, 0) is 29.3 Å². The number of aliphatic hydroxyl groups excluding tert-OH is 2. The molecule has 5 nitrogen and oxygen atoms in total. The first kappa shape index (κ1) is 12.9. The Hall–Kier alpha value is -1.56.